The van der Waals surface area contributed by atoms with Crippen LogP contribution in [0.15, 0.2) is 0 Å². The third-order valence-electron chi connectivity index (χ3n) is 6.02. The van der Waals surface area contributed by atoms with E-state index in [1.54, 1.807) is 9.45 Å². The number of hydrogen-bond donors (Lipinski definition) is 4. The zero-order valence-electron chi connectivity index (χ0n) is 24.8. The van der Waals surface area contributed by atoms with Gasteiger partial charge in [-0.25, -0.2) is 0 Å². The van der Waals surface area contributed by atoms with Gasteiger partial charge in [0.05, 0.1) is 0 Å². The van der Waals surface area contributed by atoms with E-state index in [9.17, 15) is 19.2 Å². The van der Waals surface area contributed by atoms with Crippen LogP contribution in [0.25, 0.3) is 0 Å². The van der Waals surface area contributed by atoms with E-state index in [0.29, 0.717) is 44.8 Å². The third-order valence-corrected chi connectivity index (χ3v) is 8.72. The van der Waals surface area contributed by atoms with Gasteiger partial charge in [0.15, 0.2) is 0 Å². The fourth-order valence-corrected chi connectivity index (χ4v) is 6.56. The Hall–Kier alpha value is -1.49. The van der Waals surface area contributed by atoms with Crippen molar-refractivity contribution < 1.29 is 69.7 Å². The monoisotopic (exact) mass is 602 g/mol. The molecule has 0 radical (unpaired) electrons. The summed E-state index contributed by atoms with van der Waals surface area (Å²) < 4.78 is 3.22. The largest absolute Gasteiger partial charge is 0.481 e. The molecule has 10 nitrogen and oxygen atoms in total. The fraction of sp³-hybridized carbons (Fsp3) is 0.857. The average molecular weight is 603 g/mol. The number of rotatable bonds is 22. The van der Waals surface area contributed by atoms with Crippen LogP contribution in [0.5, 0.6) is 0 Å². The number of hydrogen-bond acceptors (Lipinski definition) is 4. The van der Waals surface area contributed by atoms with Crippen LogP contribution in [0.1, 0.15) is 130 Å². The smallest absolute Gasteiger partial charge is 0.303 e. The van der Waals surface area contributed by atoms with Gasteiger partial charge in [-0.15, -0.1) is 0 Å². The van der Waals surface area contributed by atoms with Crippen LogP contribution in [-0.2, 0) is 38.3 Å². The van der Waals surface area contributed by atoms with E-state index >= 15 is 0 Å². The zero-order chi connectivity index (χ0) is 28.9. The minimum Gasteiger partial charge on any atom is -0.481 e. The van der Waals surface area contributed by atoms with Crippen molar-refractivity contribution in [3.05, 3.63) is 0 Å². The molecule has 0 heterocycles. The summed E-state index contributed by atoms with van der Waals surface area (Å²) in [5.41, 5.74) is 0. The van der Waals surface area contributed by atoms with Crippen LogP contribution in [0.2, 0.25) is 9.45 Å². The van der Waals surface area contributed by atoms with Gasteiger partial charge in [-0.2, -0.15) is 0 Å². The minimum atomic E-state index is -0.870. The number of carboxylic acid groups (broad SMARTS) is 4. The van der Waals surface area contributed by atoms with E-state index in [1.807, 2.05) is 0 Å². The van der Waals surface area contributed by atoms with E-state index in [1.165, 1.54) is 51.4 Å². The predicted molar refractivity (Wildman–Crippen MR) is 151 cm³/mol. The van der Waals surface area contributed by atoms with Crippen LogP contribution in [0.3, 0.4) is 0 Å². The SMILES string of the molecule is CCCCC(CC)[CH2][Ti][CH2]C(CC)CCCC.O.O.O=C(O)CCCCC(=O)O.O=C(O)CCCCC(=O)O. The van der Waals surface area contributed by atoms with Gasteiger partial charge < -0.3 is 31.4 Å². The molecule has 11 heteroatoms. The summed E-state index contributed by atoms with van der Waals surface area (Å²) in [6.45, 7) is 9.42. The summed E-state index contributed by atoms with van der Waals surface area (Å²) in [5, 5.41) is 32.5. The minimum absolute atomic E-state index is 0. The second-order valence-electron chi connectivity index (χ2n) is 9.48. The van der Waals surface area contributed by atoms with Crippen LogP contribution in [0.4, 0.5) is 0 Å². The Balaban J connectivity index is -0.000000153. The van der Waals surface area contributed by atoms with Gasteiger partial charge in [-0.05, 0) is 25.7 Å². The van der Waals surface area contributed by atoms with Crippen LogP contribution in [0, 0.1) is 11.8 Å². The van der Waals surface area contributed by atoms with Gasteiger partial charge in [0.25, 0.3) is 0 Å². The maximum atomic E-state index is 9.90. The van der Waals surface area contributed by atoms with Crippen molar-refractivity contribution in [2.45, 2.75) is 140 Å². The van der Waals surface area contributed by atoms with Crippen molar-refractivity contribution in [3.63, 3.8) is 0 Å². The average Bonchev–Trinajstić information content (AvgIpc) is 2.84. The van der Waals surface area contributed by atoms with Gasteiger partial charge >= 0.3 is 143 Å². The van der Waals surface area contributed by atoms with E-state index < -0.39 is 23.9 Å². The molecule has 0 aromatic carbocycles. The van der Waals surface area contributed by atoms with Crippen molar-refractivity contribution in [2.24, 2.45) is 11.8 Å². The molecule has 234 valence electrons. The molecule has 0 spiro atoms. The Morgan fingerprint density at radius 1 is 0.513 bits per heavy atom. The van der Waals surface area contributed by atoms with Crippen LogP contribution >= 0.6 is 0 Å². The molecule has 0 rings (SSSR count). The Morgan fingerprint density at radius 2 is 0.769 bits per heavy atom. The maximum Gasteiger partial charge on any atom is 0.303 e. The van der Waals surface area contributed by atoms with Gasteiger partial charge in [-0.3, -0.25) is 19.2 Å². The molecule has 0 aliphatic carbocycles. The zero-order valence-corrected chi connectivity index (χ0v) is 26.4. The van der Waals surface area contributed by atoms with Crippen molar-refractivity contribution in [2.75, 3.05) is 0 Å². The Kier molecular flexibility index (Phi) is 44.3. The molecule has 0 bridgehead atoms. The van der Waals surface area contributed by atoms with Crippen molar-refractivity contribution in [3.8, 4) is 0 Å². The molecule has 0 aliphatic rings. The second-order valence-corrected chi connectivity index (χ2v) is 11.5. The predicted octanol–water partition coefficient (Wildman–Crippen LogP) is 6.12. The van der Waals surface area contributed by atoms with Crippen molar-refractivity contribution in [1.29, 1.82) is 0 Å². The van der Waals surface area contributed by atoms with Crippen LogP contribution < -0.4 is 0 Å². The number of unbranched alkanes of at least 4 members (excludes halogenated alkanes) is 4. The van der Waals surface area contributed by atoms with Gasteiger partial charge in [-0.1, -0.05) is 0 Å². The van der Waals surface area contributed by atoms with Crippen molar-refractivity contribution >= 4 is 23.9 Å². The molecule has 0 amide bonds. The Morgan fingerprint density at radius 3 is 0.949 bits per heavy atom. The van der Waals surface area contributed by atoms with E-state index in [4.69, 9.17) is 20.4 Å². The summed E-state index contributed by atoms with van der Waals surface area (Å²) in [6, 6.07) is 0. The van der Waals surface area contributed by atoms with Gasteiger partial charge in [0.2, 0.25) is 0 Å². The quantitative estimate of drug-likeness (QED) is 0.0834. The molecular weight excluding hydrogens is 544 g/mol. The summed E-state index contributed by atoms with van der Waals surface area (Å²) >= 11 is 0.362. The van der Waals surface area contributed by atoms with E-state index in [-0.39, 0.29) is 36.6 Å². The first kappa shape index (κ1) is 47.3. The summed E-state index contributed by atoms with van der Waals surface area (Å²) in [4.78, 5) is 39.6. The topological polar surface area (TPSA) is 212 Å². The first-order valence-electron chi connectivity index (χ1n) is 14.1. The number of carbonyl (C=O) groups is 4. The summed E-state index contributed by atoms with van der Waals surface area (Å²) in [5.74, 6) is -1.34. The normalized spacial score (nSPS) is 11.1. The molecule has 0 fully saturated rings. The molecule has 39 heavy (non-hydrogen) atoms. The first-order valence-corrected chi connectivity index (χ1v) is 16.3. The van der Waals surface area contributed by atoms with E-state index in [0.717, 1.165) is 11.8 Å². The molecule has 2 unspecified atom stereocenters. The maximum absolute atomic E-state index is 9.90. The number of aliphatic carboxylic acids is 4. The fourth-order valence-electron chi connectivity index (χ4n) is 3.48. The number of carboxylic acids is 4. The molecule has 0 aliphatic heterocycles. The molecule has 2 atom stereocenters. The summed E-state index contributed by atoms with van der Waals surface area (Å²) in [7, 11) is 0. The van der Waals surface area contributed by atoms with Gasteiger partial charge in [0.1, 0.15) is 0 Å². The van der Waals surface area contributed by atoms with Crippen molar-refractivity contribution in [1.82, 2.24) is 0 Å². The molecule has 8 N–H and O–H groups in total. The third kappa shape index (κ3) is 46.7. The first-order chi connectivity index (χ1) is 17.5. The molecular formula is C28H58O10Ti. The molecule has 0 saturated heterocycles. The molecule has 0 saturated carbocycles. The Bertz CT molecular complexity index is 493. The summed E-state index contributed by atoms with van der Waals surface area (Å²) in [6.07, 6.45) is 13.6. The van der Waals surface area contributed by atoms with E-state index in [2.05, 4.69) is 27.7 Å². The molecule has 0 aromatic rings. The molecule has 0 aromatic heterocycles. The van der Waals surface area contributed by atoms with Crippen LogP contribution in [-0.4, -0.2) is 55.3 Å². The Labute approximate surface area is 244 Å². The standard InChI is InChI=1S/2C8H17.2C6H10O4.2H2O.Ti/c2*1-4-6-7-8(3)5-2;2*7-5(8)3-1-2-4-6(9)10;;;/h2*8H,3-7H2,1-2H3;2*1-4H2,(H,7,8)(H,9,10);2*1H2;. The second kappa shape index (κ2) is 36.5. The van der Waals surface area contributed by atoms with Gasteiger partial charge in [0, 0.05) is 25.7 Å².